The first kappa shape index (κ1) is 33.3. The standard InChI is InChI=1S/C29H48ClN3O6/c1-21(2)22(18-24(31)25(34)19-32-28(36)29(38-4)14-8-5-9-15-29)20-33(30)27(35)23-12-6-7-13-26(23)39-17-11-10-16-37-3/h6-7,12-13,21-22,24-25,34H,5,8-11,14-20,31H2,1-4H3,(H,32,36)/t22-,24+,25+/m1/s1. The molecule has 1 aromatic rings. The van der Waals surface area contributed by atoms with Gasteiger partial charge in [-0.05, 0) is 56.1 Å². The molecule has 2 amide bonds. The molecule has 0 radical (unpaired) electrons. The number of ether oxygens (including phenoxy) is 3. The van der Waals surface area contributed by atoms with Gasteiger partial charge in [-0.1, -0.05) is 45.2 Å². The Bertz CT molecular complexity index is 880. The number of aliphatic hydroxyl groups is 1. The van der Waals surface area contributed by atoms with Crippen LogP contribution in [0.2, 0.25) is 0 Å². The Kier molecular flexibility index (Phi) is 14.5. The van der Waals surface area contributed by atoms with Crippen LogP contribution in [-0.4, -0.2) is 79.6 Å². The van der Waals surface area contributed by atoms with Crippen LogP contribution in [0.5, 0.6) is 5.75 Å². The first-order valence-corrected chi connectivity index (χ1v) is 14.4. The van der Waals surface area contributed by atoms with E-state index in [-0.39, 0.29) is 36.7 Å². The van der Waals surface area contributed by atoms with Crippen LogP contribution < -0.4 is 15.8 Å². The third-order valence-corrected chi connectivity index (χ3v) is 7.97. The summed E-state index contributed by atoms with van der Waals surface area (Å²) in [7, 11) is 3.22. The number of nitrogens with two attached hydrogens (primary N) is 1. The molecule has 10 heteroatoms. The van der Waals surface area contributed by atoms with Crippen LogP contribution in [0, 0.1) is 11.8 Å². The molecular weight excluding hydrogens is 522 g/mol. The summed E-state index contributed by atoms with van der Waals surface area (Å²) in [5, 5.41) is 13.6. The number of hydrogen-bond acceptors (Lipinski definition) is 7. The van der Waals surface area contributed by atoms with Gasteiger partial charge in [0.15, 0.2) is 0 Å². The van der Waals surface area contributed by atoms with Gasteiger partial charge < -0.3 is 30.4 Å². The highest BCUT2D eigenvalue weighted by atomic mass is 35.5. The fourth-order valence-corrected chi connectivity index (χ4v) is 5.21. The van der Waals surface area contributed by atoms with Crippen molar-refractivity contribution < 1.29 is 28.9 Å². The van der Waals surface area contributed by atoms with E-state index in [4.69, 9.17) is 31.7 Å². The zero-order valence-electron chi connectivity index (χ0n) is 24.0. The molecule has 4 N–H and O–H groups in total. The predicted octanol–water partition coefficient (Wildman–Crippen LogP) is 3.90. The number of rotatable bonds is 17. The SMILES string of the molecule is COCCCCOc1ccccc1C(=O)N(Cl)C[C@@H](C[C@H](N)[C@@H](O)CNC(=O)C1(OC)CCCCC1)C(C)C. The molecule has 0 spiro atoms. The van der Waals surface area contributed by atoms with Crippen molar-refractivity contribution >= 4 is 23.6 Å². The van der Waals surface area contributed by atoms with Gasteiger partial charge in [0, 0.05) is 51.7 Å². The third-order valence-electron chi connectivity index (χ3n) is 7.68. The minimum atomic E-state index is -0.945. The molecule has 0 heterocycles. The molecule has 1 saturated carbocycles. The van der Waals surface area contributed by atoms with E-state index in [0.29, 0.717) is 43.8 Å². The number of halogens is 1. The van der Waals surface area contributed by atoms with Gasteiger partial charge in [-0.3, -0.25) is 14.0 Å². The average molecular weight is 570 g/mol. The summed E-state index contributed by atoms with van der Waals surface area (Å²) >= 11 is 6.50. The number of carbonyl (C=O) groups is 2. The fourth-order valence-electron chi connectivity index (χ4n) is 4.94. The summed E-state index contributed by atoms with van der Waals surface area (Å²) in [5.41, 5.74) is 5.92. The topological polar surface area (TPSA) is 123 Å². The zero-order chi connectivity index (χ0) is 28.8. The quantitative estimate of drug-likeness (QED) is 0.192. The van der Waals surface area contributed by atoms with Crippen LogP contribution in [0.15, 0.2) is 24.3 Å². The van der Waals surface area contributed by atoms with Gasteiger partial charge in [0.05, 0.1) is 18.3 Å². The molecule has 222 valence electrons. The van der Waals surface area contributed by atoms with E-state index in [1.54, 1.807) is 32.4 Å². The van der Waals surface area contributed by atoms with Gasteiger partial charge in [0.25, 0.3) is 11.8 Å². The molecule has 0 aromatic heterocycles. The van der Waals surface area contributed by atoms with Crippen molar-refractivity contribution in [3.05, 3.63) is 29.8 Å². The number of nitrogens with one attached hydrogen (secondary N) is 1. The first-order chi connectivity index (χ1) is 18.6. The molecule has 9 nitrogen and oxygen atoms in total. The van der Waals surface area contributed by atoms with Crippen molar-refractivity contribution in [1.29, 1.82) is 0 Å². The Labute approximate surface area is 238 Å². The van der Waals surface area contributed by atoms with E-state index in [1.165, 1.54) is 4.42 Å². The molecule has 0 unspecified atom stereocenters. The lowest BCUT2D eigenvalue weighted by Crippen LogP contribution is -2.53. The highest BCUT2D eigenvalue weighted by molar-refractivity contribution is 6.24. The Morgan fingerprint density at radius 2 is 1.79 bits per heavy atom. The second kappa shape index (κ2) is 17.0. The van der Waals surface area contributed by atoms with Crippen LogP contribution in [0.4, 0.5) is 0 Å². The maximum Gasteiger partial charge on any atom is 0.271 e. The Morgan fingerprint density at radius 3 is 2.44 bits per heavy atom. The lowest BCUT2D eigenvalue weighted by atomic mass is 9.83. The Balaban J connectivity index is 1.93. The predicted molar refractivity (Wildman–Crippen MR) is 153 cm³/mol. The summed E-state index contributed by atoms with van der Waals surface area (Å²) in [6.45, 7) is 5.48. The van der Waals surface area contributed by atoms with Crippen LogP contribution in [0.1, 0.15) is 75.6 Å². The molecule has 1 aromatic carbocycles. The average Bonchev–Trinajstić information content (AvgIpc) is 2.95. The smallest absolute Gasteiger partial charge is 0.271 e. The highest BCUT2D eigenvalue weighted by Crippen LogP contribution is 2.31. The fraction of sp³-hybridized carbons (Fsp3) is 0.724. The van der Waals surface area contributed by atoms with Gasteiger partial charge in [-0.25, -0.2) is 0 Å². The second-order valence-corrected chi connectivity index (χ2v) is 11.2. The van der Waals surface area contributed by atoms with Gasteiger partial charge in [-0.2, -0.15) is 0 Å². The number of para-hydroxylation sites is 1. The number of hydrogen-bond donors (Lipinski definition) is 3. The molecule has 2 rings (SSSR count). The van der Waals surface area contributed by atoms with E-state index in [2.05, 4.69) is 5.32 Å². The van der Waals surface area contributed by atoms with Crippen LogP contribution in [-0.2, 0) is 14.3 Å². The van der Waals surface area contributed by atoms with E-state index in [9.17, 15) is 14.7 Å². The van der Waals surface area contributed by atoms with Crippen molar-refractivity contribution in [2.75, 3.05) is 40.5 Å². The van der Waals surface area contributed by atoms with E-state index >= 15 is 0 Å². The zero-order valence-corrected chi connectivity index (χ0v) is 24.8. The van der Waals surface area contributed by atoms with Crippen molar-refractivity contribution in [1.82, 2.24) is 9.74 Å². The monoisotopic (exact) mass is 569 g/mol. The number of amides is 2. The summed E-state index contributed by atoms with van der Waals surface area (Å²) in [4.78, 5) is 26.1. The second-order valence-electron chi connectivity index (χ2n) is 10.8. The summed E-state index contributed by atoms with van der Waals surface area (Å²) in [6.07, 6.45) is 5.49. The number of aliphatic hydroxyl groups excluding tert-OH is 1. The molecule has 3 atom stereocenters. The molecule has 1 aliphatic rings. The number of nitrogens with zero attached hydrogens (tertiary/aromatic N) is 1. The van der Waals surface area contributed by atoms with Crippen molar-refractivity contribution in [3.8, 4) is 5.75 Å². The van der Waals surface area contributed by atoms with Gasteiger partial charge in [-0.15, -0.1) is 0 Å². The summed E-state index contributed by atoms with van der Waals surface area (Å²) < 4.78 is 17.7. The van der Waals surface area contributed by atoms with E-state index in [1.807, 2.05) is 19.9 Å². The molecule has 0 aliphatic heterocycles. The van der Waals surface area contributed by atoms with Crippen molar-refractivity contribution in [2.45, 2.75) is 83.0 Å². The highest BCUT2D eigenvalue weighted by Gasteiger charge is 2.39. The third kappa shape index (κ3) is 10.2. The number of unbranched alkanes of at least 4 members (excludes halogenated alkanes) is 1. The molecule has 39 heavy (non-hydrogen) atoms. The van der Waals surface area contributed by atoms with E-state index < -0.39 is 17.7 Å². The molecule has 0 saturated heterocycles. The van der Waals surface area contributed by atoms with Crippen molar-refractivity contribution in [2.24, 2.45) is 17.6 Å². The lowest BCUT2D eigenvalue weighted by molar-refractivity contribution is -0.148. The minimum Gasteiger partial charge on any atom is -0.493 e. The molecular formula is C29H48ClN3O6. The molecule has 1 fully saturated rings. The maximum atomic E-state index is 13.2. The normalized spacial score (nSPS) is 17.3. The minimum absolute atomic E-state index is 0.0363. The Morgan fingerprint density at radius 1 is 1.13 bits per heavy atom. The van der Waals surface area contributed by atoms with Crippen LogP contribution >= 0.6 is 11.8 Å². The van der Waals surface area contributed by atoms with Gasteiger partial charge in [0.1, 0.15) is 11.4 Å². The maximum absolute atomic E-state index is 13.2. The van der Waals surface area contributed by atoms with Crippen molar-refractivity contribution in [3.63, 3.8) is 0 Å². The Hall–Kier alpha value is -1.91. The first-order valence-electron chi connectivity index (χ1n) is 14.1. The largest absolute Gasteiger partial charge is 0.493 e. The summed E-state index contributed by atoms with van der Waals surface area (Å²) in [6, 6.07) is 6.45. The molecule has 0 bridgehead atoms. The molecule has 1 aliphatic carbocycles. The van der Waals surface area contributed by atoms with Gasteiger partial charge >= 0.3 is 0 Å². The number of benzene rings is 1. The number of methoxy groups -OCH3 is 2. The van der Waals surface area contributed by atoms with Crippen LogP contribution in [0.3, 0.4) is 0 Å². The van der Waals surface area contributed by atoms with E-state index in [0.717, 1.165) is 32.1 Å². The van der Waals surface area contributed by atoms with Crippen LogP contribution in [0.25, 0.3) is 0 Å². The summed E-state index contributed by atoms with van der Waals surface area (Å²) in [5.74, 6) is 0.0130. The lowest BCUT2D eigenvalue weighted by Gasteiger charge is -2.35. The number of carbonyl (C=O) groups excluding carboxylic acids is 2. The van der Waals surface area contributed by atoms with Gasteiger partial charge in [0.2, 0.25) is 0 Å².